The van der Waals surface area contributed by atoms with Crippen LogP contribution in [-0.4, -0.2) is 4.98 Å². The average molecular weight is 162 g/mol. The summed E-state index contributed by atoms with van der Waals surface area (Å²) in [5, 5.41) is 0. The number of hydrogen-bond acceptors (Lipinski definition) is 2. The molecule has 11 heavy (non-hydrogen) atoms. The fourth-order valence-electron chi connectivity index (χ4n) is 0.606. The van der Waals surface area contributed by atoms with Crippen molar-refractivity contribution in [1.82, 2.24) is 4.98 Å². The quantitative estimate of drug-likeness (QED) is 0.585. The SMILES string of the molecule is Cc1c(N)nc(F)c(F)c1F. The number of anilines is 1. The Morgan fingerprint density at radius 3 is 2.27 bits per heavy atom. The molecule has 1 aromatic heterocycles. The predicted molar refractivity (Wildman–Crippen MR) is 33.3 cm³/mol. The summed E-state index contributed by atoms with van der Waals surface area (Å²) in [6, 6.07) is 0. The lowest BCUT2D eigenvalue weighted by molar-refractivity contribution is 0.425. The monoisotopic (exact) mass is 162 g/mol. The molecule has 2 nitrogen and oxygen atoms in total. The predicted octanol–water partition coefficient (Wildman–Crippen LogP) is 1.39. The number of pyridine rings is 1. The van der Waals surface area contributed by atoms with Gasteiger partial charge in [-0.25, -0.2) is 4.39 Å². The average Bonchev–Trinajstić information content (AvgIpc) is 1.97. The van der Waals surface area contributed by atoms with Gasteiger partial charge in [-0.1, -0.05) is 0 Å². The number of halogens is 3. The number of rotatable bonds is 0. The van der Waals surface area contributed by atoms with Gasteiger partial charge in [-0.2, -0.15) is 13.8 Å². The van der Waals surface area contributed by atoms with E-state index < -0.39 is 17.6 Å². The van der Waals surface area contributed by atoms with E-state index in [0.717, 1.165) is 0 Å². The van der Waals surface area contributed by atoms with Crippen LogP contribution >= 0.6 is 0 Å². The fraction of sp³-hybridized carbons (Fsp3) is 0.167. The van der Waals surface area contributed by atoms with Crippen LogP contribution in [0, 0.1) is 24.5 Å². The van der Waals surface area contributed by atoms with Gasteiger partial charge in [0.15, 0.2) is 5.82 Å². The molecule has 1 aromatic rings. The Hall–Kier alpha value is -1.26. The maximum absolute atomic E-state index is 12.5. The zero-order valence-corrected chi connectivity index (χ0v) is 5.66. The first kappa shape index (κ1) is 7.84. The summed E-state index contributed by atoms with van der Waals surface area (Å²) in [7, 11) is 0. The summed E-state index contributed by atoms with van der Waals surface area (Å²) in [5.41, 5.74) is 4.86. The van der Waals surface area contributed by atoms with Crippen LogP contribution in [0.1, 0.15) is 5.56 Å². The second-order valence-electron chi connectivity index (χ2n) is 2.04. The maximum Gasteiger partial charge on any atom is 0.253 e. The van der Waals surface area contributed by atoms with Crippen molar-refractivity contribution in [3.63, 3.8) is 0 Å². The first-order chi connectivity index (χ1) is 5.04. The van der Waals surface area contributed by atoms with Gasteiger partial charge in [0.2, 0.25) is 5.82 Å². The van der Waals surface area contributed by atoms with Gasteiger partial charge in [-0.3, -0.25) is 0 Å². The maximum atomic E-state index is 12.5. The molecular weight excluding hydrogens is 157 g/mol. The molecule has 0 radical (unpaired) electrons. The molecule has 5 heteroatoms. The molecular formula is C6H5F3N2. The summed E-state index contributed by atoms with van der Waals surface area (Å²) in [6.45, 7) is 1.22. The highest BCUT2D eigenvalue weighted by Gasteiger charge is 2.14. The second kappa shape index (κ2) is 2.41. The molecule has 1 rings (SSSR count). The molecule has 0 saturated heterocycles. The van der Waals surface area contributed by atoms with Crippen molar-refractivity contribution in [3.8, 4) is 0 Å². The molecule has 0 atom stereocenters. The van der Waals surface area contributed by atoms with Crippen LogP contribution in [-0.2, 0) is 0 Å². The lowest BCUT2D eigenvalue weighted by Crippen LogP contribution is -2.03. The third-order valence-corrected chi connectivity index (χ3v) is 1.31. The van der Waals surface area contributed by atoms with E-state index in [0.29, 0.717) is 0 Å². The Kier molecular flexibility index (Phi) is 1.72. The van der Waals surface area contributed by atoms with Crippen LogP contribution in [0.4, 0.5) is 19.0 Å². The van der Waals surface area contributed by atoms with Crippen LogP contribution in [0.3, 0.4) is 0 Å². The normalized spacial score (nSPS) is 10.2. The van der Waals surface area contributed by atoms with Crippen LogP contribution in [0.2, 0.25) is 0 Å². The molecule has 0 aliphatic carbocycles. The Morgan fingerprint density at radius 1 is 1.18 bits per heavy atom. The summed E-state index contributed by atoms with van der Waals surface area (Å²) in [4.78, 5) is 2.93. The van der Waals surface area contributed by atoms with E-state index in [9.17, 15) is 13.2 Å². The Bertz CT molecular complexity index is 272. The minimum absolute atomic E-state index is 0.177. The van der Waals surface area contributed by atoms with E-state index in [1.54, 1.807) is 0 Å². The lowest BCUT2D eigenvalue weighted by Gasteiger charge is -2.00. The molecule has 2 N–H and O–H groups in total. The third-order valence-electron chi connectivity index (χ3n) is 1.31. The third kappa shape index (κ3) is 1.13. The van der Waals surface area contributed by atoms with E-state index in [-0.39, 0.29) is 11.4 Å². The van der Waals surface area contributed by atoms with E-state index in [1.165, 1.54) is 6.92 Å². The topological polar surface area (TPSA) is 38.9 Å². The minimum atomic E-state index is -1.59. The molecule has 0 aliphatic heterocycles. The summed E-state index contributed by atoms with van der Waals surface area (Å²) < 4.78 is 37.0. The zero-order chi connectivity index (χ0) is 8.59. The minimum Gasteiger partial charge on any atom is -0.383 e. The van der Waals surface area contributed by atoms with Crippen molar-refractivity contribution in [2.24, 2.45) is 0 Å². The van der Waals surface area contributed by atoms with Gasteiger partial charge in [0.25, 0.3) is 5.95 Å². The van der Waals surface area contributed by atoms with Crippen molar-refractivity contribution in [2.75, 3.05) is 5.73 Å². The first-order valence-electron chi connectivity index (χ1n) is 2.80. The van der Waals surface area contributed by atoms with E-state index in [2.05, 4.69) is 4.98 Å². The molecule has 0 amide bonds. The molecule has 0 aliphatic rings. The second-order valence-corrected chi connectivity index (χ2v) is 2.04. The van der Waals surface area contributed by atoms with Crippen molar-refractivity contribution < 1.29 is 13.2 Å². The van der Waals surface area contributed by atoms with E-state index >= 15 is 0 Å². The largest absolute Gasteiger partial charge is 0.383 e. The molecule has 0 saturated carbocycles. The van der Waals surface area contributed by atoms with Gasteiger partial charge in [-0.05, 0) is 6.92 Å². The molecule has 0 aromatic carbocycles. The number of nitrogen functional groups attached to an aromatic ring is 1. The number of nitrogens with zero attached hydrogens (tertiary/aromatic N) is 1. The molecule has 0 unspecified atom stereocenters. The first-order valence-corrected chi connectivity index (χ1v) is 2.80. The van der Waals surface area contributed by atoms with Crippen molar-refractivity contribution in [2.45, 2.75) is 6.92 Å². The molecule has 0 fully saturated rings. The Balaban J connectivity index is 3.46. The fourth-order valence-corrected chi connectivity index (χ4v) is 0.606. The number of hydrogen-bond donors (Lipinski definition) is 1. The summed E-state index contributed by atoms with van der Waals surface area (Å²) >= 11 is 0. The summed E-state index contributed by atoms with van der Waals surface area (Å²) in [6.07, 6.45) is 0. The standard InChI is InChI=1S/C6H5F3N2/c1-2-3(7)4(8)5(9)11-6(2)10/h1H3,(H2,10,11). The molecule has 60 valence electrons. The van der Waals surface area contributed by atoms with Gasteiger partial charge in [0, 0.05) is 5.56 Å². The Morgan fingerprint density at radius 2 is 1.73 bits per heavy atom. The van der Waals surface area contributed by atoms with Crippen LogP contribution < -0.4 is 5.73 Å². The molecule has 0 spiro atoms. The number of nitrogens with two attached hydrogens (primary N) is 1. The molecule has 0 bridgehead atoms. The molecule has 1 heterocycles. The van der Waals surface area contributed by atoms with Crippen LogP contribution in [0.15, 0.2) is 0 Å². The van der Waals surface area contributed by atoms with Crippen molar-refractivity contribution in [1.29, 1.82) is 0 Å². The zero-order valence-electron chi connectivity index (χ0n) is 5.66. The van der Waals surface area contributed by atoms with Crippen LogP contribution in [0.25, 0.3) is 0 Å². The van der Waals surface area contributed by atoms with Gasteiger partial charge in [-0.15, -0.1) is 0 Å². The summed E-state index contributed by atoms with van der Waals surface area (Å²) in [5.74, 6) is -4.71. The van der Waals surface area contributed by atoms with Gasteiger partial charge < -0.3 is 5.73 Å². The van der Waals surface area contributed by atoms with Crippen molar-refractivity contribution >= 4 is 5.82 Å². The highest BCUT2D eigenvalue weighted by molar-refractivity contribution is 5.38. The highest BCUT2D eigenvalue weighted by atomic mass is 19.2. The van der Waals surface area contributed by atoms with Crippen molar-refractivity contribution in [3.05, 3.63) is 23.1 Å². The smallest absolute Gasteiger partial charge is 0.253 e. The van der Waals surface area contributed by atoms with E-state index in [1.807, 2.05) is 0 Å². The van der Waals surface area contributed by atoms with Crippen LogP contribution in [0.5, 0.6) is 0 Å². The Labute approximate surface area is 60.9 Å². The van der Waals surface area contributed by atoms with E-state index in [4.69, 9.17) is 5.73 Å². The number of aromatic nitrogens is 1. The highest BCUT2D eigenvalue weighted by Crippen LogP contribution is 2.16. The lowest BCUT2D eigenvalue weighted by atomic mass is 10.2. The van der Waals surface area contributed by atoms with Gasteiger partial charge in [0.05, 0.1) is 0 Å². The van der Waals surface area contributed by atoms with Gasteiger partial charge in [0.1, 0.15) is 5.82 Å². The van der Waals surface area contributed by atoms with Gasteiger partial charge >= 0.3 is 0 Å².